The molecule has 6 nitrogen and oxygen atoms in total. The van der Waals surface area contributed by atoms with Crippen LogP contribution in [0.4, 0.5) is 0 Å². The number of carbonyl (C=O) groups excluding carboxylic acids is 1. The molecule has 6 heteroatoms. The lowest BCUT2D eigenvalue weighted by Gasteiger charge is -2.35. The number of piperidine rings is 2. The summed E-state index contributed by atoms with van der Waals surface area (Å²) in [5, 5.41) is 7.32. The summed E-state index contributed by atoms with van der Waals surface area (Å²) < 4.78 is 5.02. The molecule has 1 N–H and O–H groups in total. The zero-order valence-electron chi connectivity index (χ0n) is 12.7. The molecule has 1 aromatic heterocycles. The van der Waals surface area contributed by atoms with Crippen LogP contribution in [0.15, 0.2) is 4.52 Å². The Hall–Kier alpha value is -1.43. The molecule has 0 saturated carbocycles. The number of likely N-dealkylation sites (tertiary alicyclic amines) is 1. The Morgan fingerprint density at radius 2 is 2.29 bits per heavy atom. The summed E-state index contributed by atoms with van der Waals surface area (Å²) in [5.74, 6) is 2.11. The molecule has 1 aromatic rings. The molecule has 3 rings (SSSR count). The quantitative estimate of drug-likeness (QED) is 0.909. The van der Waals surface area contributed by atoms with Crippen molar-refractivity contribution in [2.75, 3.05) is 19.6 Å². The number of aromatic nitrogens is 2. The Labute approximate surface area is 125 Å². The summed E-state index contributed by atoms with van der Waals surface area (Å²) in [5.41, 5.74) is 0. The summed E-state index contributed by atoms with van der Waals surface area (Å²) >= 11 is 0. The maximum atomic E-state index is 12.6. The van der Waals surface area contributed by atoms with Crippen LogP contribution < -0.4 is 5.32 Å². The Kier molecular flexibility index (Phi) is 4.53. The molecule has 3 heterocycles. The number of carbonyl (C=O) groups is 1. The first-order valence-corrected chi connectivity index (χ1v) is 8.04. The normalized spacial score (nSPS) is 26.8. The minimum absolute atomic E-state index is 0.0323. The summed E-state index contributed by atoms with van der Waals surface area (Å²) in [6, 6.07) is 0.0323. The fraction of sp³-hybridized carbons (Fsp3) is 0.800. The van der Waals surface area contributed by atoms with Crippen molar-refractivity contribution in [2.45, 2.75) is 51.5 Å². The van der Waals surface area contributed by atoms with Crippen LogP contribution in [-0.4, -0.2) is 46.6 Å². The maximum absolute atomic E-state index is 12.6. The zero-order chi connectivity index (χ0) is 14.7. The van der Waals surface area contributed by atoms with Crippen molar-refractivity contribution >= 4 is 5.91 Å². The molecule has 0 radical (unpaired) electrons. The lowest BCUT2D eigenvalue weighted by Crippen LogP contribution is -2.51. The van der Waals surface area contributed by atoms with Gasteiger partial charge in [-0.1, -0.05) is 11.6 Å². The molecular formula is C15H24N4O2. The van der Waals surface area contributed by atoms with Gasteiger partial charge in [0.1, 0.15) is 0 Å². The predicted molar refractivity (Wildman–Crippen MR) is 77.7 cm³/mol. The second-order valence-electron chi connectivity index (χ2n) is 6.23. The van der Waals surface area contributed by atoms with E-state index in [1.165, 1.54) is 6.42 Å². The van der Waals surface area contributed by atoms with Gasteiger partial charge in [-0.15, -0.1) is 0 Å². The van der Waals surface area contributed by atoms with E-state index in [2.05, 4.69) is 15.5 Å². The minimum atomic E-state index is 0.0323. The number of hydrogen-bond acceptors (Lipinski definition) is 5. The van der Waals surface area contributed by atoms with Crippen molar-refractivity contribution in [3.05, 3.63) is 11.7 Å². The zero-order valence-corrected chi connectivity index (χ0v) is 12.7. The van der Waals surface area contributed by atoms with Crippen LogP contribution in [0, 0.1) is 12.8 Å². The highest BCUT2D eigenvalue weighted by molar-refractivity contribution is 5.82. The van der Waals surface area contributed by atoms with Crippen molar-refractivity contribution in [2.24, 2.45) is 5.92 Å². The lowest BCUT2D eigenvalue weighted by atomic mass is 9.93. The molecule has 0 aliphatic carbocycles. The average molecular weight is 292 g/mol. The smallest absolute Gasteiger partial charge is 0.239 e. The Balaban J connectivity index is 1.56. The van der Waals surface area contributed by atoms with E-state index in [1.54, 1.807) is 0 Å². The van der Waals surface area contributed by atoms with E-state index in [0.717, 1.165) is 57.6 Å². The van der Waals surface area contributed by atoms with Gasteiger partial charge in [0.25, 0.3) is 0 Å². The van der Waals surface area contributed by atoms with Crippen LogP contribution in [0.1, 0.15) is 43.8 Å². The third kappa shape index (κ3) is 3.61. The van der Waals surface area contributed by atoms with Gasteiger partial charge in [0.05, 0.1) is 6.04 Å². The van der Waals surface area contributed by atoms with Crippen molar-refractivity contribution < 1.29 is 9.32 Å². The van der Waals surface area contributed by atoms with E-state index >= 15 is 0 Å². The maximum Gasteiger partial charge on any atom is 0.239 e. The Morgan fingerprint density at radius 1 is 1.38 bits per heavy atom. The standard InChI is InChI=1S/C15H24N4O2/c1-11-17-14(18-21-11)9-12-5-4-8-19(10-12)15(20)13-6-2-3-7-16-13/h12-13,16H,2-10H2,1H3/t12-,13+/m1/s1. The topological polar surface area (TPSA) is 71.3 Å². The van der Waals surface area contributed by atoms with E-state index in [-0.39, 0.29) is 11.9 Å². The number of amides is 1. The highest BCUT2D eigenvalue weighted by Gasteiger charge is 2.30. The van der Waals surface area contributed by atoms with E-state index in [4.69, 9.17) is 4.52 Å². The fourth-order valence-corrected chi connectivity index (χ4v) is 3.40. The molecule has 0 unspecified atom stereocenters. The minimum Gasteiger partial charge on any atom is -0.341 e. The number of nitrogens with one attached hydrogen (secondary N) is 1. The highest BCUT2D eigenvalue weighted by Crippen LogP contribution is 2.21. The van der Waals surface area contributed by atoms with E-state index in [0.29, 0.717) is 11.8 Å². The molecule has 2 aliphatic heterocycles. The second kappa shape index (κ2) is 6.56. The van der Waals surface area contributed by atoms with Crippen molar-refractivity contribution in [3.63, 3.8) is 0 Å². The van der Waals surface area contributed by atoms with Gasteiger partial charge in [-0.2, -0.15) is 4.98 Å². The molecule has 21 heavy (non-hydrogen) atoms. The number of nitrogens with zero attached hydrogens (tertiary/aromatic N) is 3. The average Bonchev–Trinajstić information content (AvgIpc) is 2.93. The molecule has 0 bridgehead atoms. The number of hydrogen-bond donors (Lipinski definition) is 1. The van der Waals surface area contributed by atoms with Gasteiger partial charge in [0.15, 0.2) is 5.82 Å². The lowest BCUT2D eigenvalue weighted by molar-refractivity contribution is -0.135. The van der Waals surface area contributed by atoms with E-state index < -0.39 is 0 Å². The predicted octanol–water partition coefficient (Wildman–Crippen LogP) is 1.30. The van der Waals surface area contributed by atoms with E-state index in [1.807, 2.05) is 11.8 Å². The van der Waals surface area contributed by atoms with Gasteiger partial charge < -0.3 is 14.7 Å². The Morgan fingerprint density at radius 3 is 3.00 bits per heavy atom. The van der Waals surface area contributed by atoms with Crippen molar-refractivity contribution in [1.82, 2.24) is 20.4 Å². The molecule has 2 aliphatic rings. The molecule has 0 aromatic carbocycles. The summed E-state index contributed by atoms with van der Waals surface area (Å²) in [6.07, 6.45) is 6.32. The van der Waals surface area contributed by atoms with Crippen LogP contribution in [0.25, 0.3) is 0 Å². The molecule has 2 saturated heterocycles. The third-order valence-corrected chi connectivity index (χ3v) is 4.48. The molecule has 116 valence electrons. The van der Waals surface area contributed by atoms with Gasteiger partial charge in [-0.05, 0) is 38.1 Å². The van der Waals surface area contributed by atoms with Crippen LogP contribution in [0.3, 0.4) is 0 Å². The summed E-state index contributed by atoms with van der Waals surface area (Å²) in [4.78, 5) is 18.9. The van der Waals surface area contributed by atoms with Crippen LogP contribution in [-0.2, 0) is 11.2 Å². The first kappa shape index (κ1) is 14.5. The van der Waals surface area contributed by atoms with Crippen LogP contribution in [0.2, 0.25) is 0 Å². The number of rotatable bonds is 3. The fourth-order valence-electron chi connectivity index (χ4n) is 3.40. The SMILES string of the molecule is Cc1nc(C[C@H]2CCCN(C(=O)[C@@H]3CCCCN3)C2)no1. The first-order chi connectivity index (χ1) is 10.2. The molecule has 2 atom stereocenters. The monoisotopic (exact) mass is 292 g/mol. The van der Waals surface area contributed by atoms with Crippen LogP contribution in [0.5, 0.6) is 0 Å². The Bertz CT molecular complexity index is 482. The summed E-state index contributed by atoms with van der Waals surface area (Å²) in [7, 11) is 0. The van der Waals surface area contributed by atoms with Crippen molar-refractivity contribution in [1.29, 1.82) is 0 Å². The van der Waals surface area contributed by atoms with Crippen molar-refractivity contribution in [3.8, 4) is 0 Å². The van der Waals surface area contributed by atoms with Gasteiger partial charge >= 0.3 is 0 Å². The van der Waals surface area contributed by atoms with Gasteiger partial charge in [0.2, 0.25) is 11.8 Å². The van der Waals surface area contributed by atoms with Gasteiger partial charge in [-0.25, -0.2) is 0 Å². The highest BCUT2D eigenvalue weighted by atomic mass is 16.5. The second-order valence-corrected chi connectivity index (χ2v) is 6.23. The summed E-state index contributed by atoms with van der Waals surface area (Å²) in [6.45, 7) is 4.49. The van der Waals surface area contributed by atoms with Gasteiger partial charge in [0, 0.05) is 26.4 Å². The third-order valence-electron chi connectivity index (χ3n) is 4.48. The molecule has 0 spiro atoms. The van der Waals surface area contributed by atoms with Crippen LogP contribution >= 0.6 is 0 Å². The molecule has 1 amide bonds. The van der Waals surface area contributed by atoms with Gasteiger partial charge in [-0.3, -0.25) is 4.79 Å². The number of aryl methyl sites for hydroxylation is 1. The molecular weight excluding hydrogens is 268 g/mol. The molecule has 2 fully saturated rings. The van der Waals surface area contributed by atoms with E-state index in [9.17, 15) is 4.79 Å². The largest absolute Gasteiger partial charge is 0.341 e. The first-order valence-electron chi connectivity index (χ1n) is 8.04.